The molecule has 0 aliphatic carbocycles. The number of carbonyl (C=O) groups is 1. The molecular formula is C10H6N2O2. The van der Waals surface area contributed by atoms with E-state index >= 15 is 0 Å². The van der Waals surface area contributed by atoms with Crippen LogP contribution in [-0.4, -0.2) is 18.4 Å². The number of ether oxygens (including phenoxy) is 1. The molecule has 0 bridgehead atoms. The number of amides is 1. The average molecular weight is 186 g/mol. The Kier molecular flexibility index (Phi) is 1.99. The molecule has 14 heavy (non-hydrogen) atoms. The first-order valence-electron chi connectivity index (χ1n) is 4.04. The van der Waals surface area contributed by atoms with E-state index < -0.39 is 0 Å². The van der Waals surface area contributed by atoms with Crippen molar-refractivity contribution in [2.24, 2.45) is 4.99 Å². The molecule has 0 saturated heterocycles. The van der Waals surface area contributed by atoms with Crippen molar-refractivity contribution in [3.63, 3.8) is 0 Å². The average Bonchev–Trinajstić information content (AvgIpc) is 2.65. The van der Waals surface area contributed by atoms with Crippen molar-refractivity contribution in [1.82, 2.24) is 0 Å². The molecule has 0 fully saturated rings. The molecule has 1 aromatic rings. The van der Waals surface area contributed by atoms with E-state index in [9.17, 15) is 4.79 Å². The second-order valence-corrected chi connectivity index (χ2v) is 2.79. The van der Waals surface area contributed by atoms with Gasteiger partial charge in [0.2, 0.25) is 5.90 Å². The molecule has 0 saturated carbocycles. The molecule has 1 aromatic carbocycles. The van der Waals surface area contributed by atoms with Gasteiger partial charge < -0.3 is 4.74 Å². The van der Waals surface area contributed by atoms with Gasteiger partial charge in [-0.05, 0) is 24.3 Å². The molecule has 1 heterocycles. The summed E-state index contributed by atoms with van der Waals surface area (Å²) in [5, 5.41) is 8.57. The van der Waals surface area contributed by atoms with Crippen LogP contribution < -0.4 is 0 Å². The minimum atomic E-state index is -0.274. The van der Waals surface area contributed by atoms with Crippen molar-refractivity contribution in [2.45, 2.75) is 0 Å². The summed E-state index contributed by atoms with van der Waals surface area (Å²) >= 11 is 0. The lowest BCUT2D eigenvalue weighted by molar-refractivity contribution is -0.118. The van der Waals surface area contributed by atoms with Crippen molar-refractivity contribution in [3.8, 4) is 6.07 Å². The number of nitriles is 1. The third kappa shape index (κ3) is 1.48. The second kappa shape index (κ2) is 3.30. The number of hydrogen-bond acceptors (Lipinski definition) is 3. The molecule has 68 valence electrons. The maximum atomic E-state index is 10.8. The van der Waals surface area contributed by atoms with Gasteiger partial charge in [-0.25, -0.2) is 0 Å². The highest BCUT2D eigenvalue weighted by atomic mass is 16.5. The molecule has 1 aliphatic rings. The summed E-state index contributed by atoms with van der Waals surface area (Å²) in [5.41, 5.74) is 1.29. The molecular weight excluding hydrogens is 180 g/mol. The standard InChI is InChI=1S/C10H6N2O2/c11-5-7-1-3-8(4-2-7)10-12-9(13)6-14-10/h1-4H,6H2. The molecule has 0 unspecified atom stereocenters. The topological polar surface area (TPSA) is 62.5 Å². The first-order chi connectivity index (χ1) is 6.79. The highest BCUT2D eigenvalue weighted by Crippen LogP contribution is 2.09. The monoisotopic (exact) mass is 186 g/mol. The lowest BCUT2D eigenvalue weighted by Gasteiger charge is -1.99. The fourth-order valence-electron chi connectivity index (χ4n) is 1.14. The van der Waals surface area contributed by atoms with Crippen LogP contribution in [0.1, 0.15) is 11.1 Å². The van der Waals surface area contributed by atoms with E-state index in [4.69, 9.17) is 10.00 Å². The first kappa shape index (κ1) is 8.45. The Labute approximate surface area is 80.4 Å². The number of benzene rings is 1. The van der Waals surface area contributed by atoms with E-state index in [1.807, 2.05) is 6.07 Å². The molecule has 0 radical (unpaired) electrons. The van der Waals surface area contributed by atoms with Crippen molar-refractivity contribution in [1.29, 1.82) is 5.26 Å². The third-order valence-electron chi connectivity index (χ3n) is 1.82. The van der Waals surface area contributed by atoms with Gasteiger partial charge in [-0.15, -0.1) is 0 Å². The van der Waals surface area contributed by atoms with Crippen molar-refractivity contribution < 1.29 is 9.53 Å². The molecule has 0 spiro atoms. The predicted molar refractivity (Wildman–Crippen MR) is 48.7 cm³/mol. The molecule has 1 aliphatic heterocycles. The largest absolute Gasteiger partial charge is 0.467 e. The number of rotatable bonds is 1. The van der Waals surface area contributed by atoms with Crippen LogP contribution in [0.5, 0.6) is 0 Å². The van der Waals surface area contributed by atoms with Gasteiger partial charge in [-0.1, -0.05) is 0 Å². The highest BCUT2D eigenvalue weighted by molar-refractivity contribution is 6.06. The molecule has 0 N–H and O–H groups in total. The van der Waals surface area contributed by atoms with E-state index in [1.54, 1.807) is 24.3 Å². The first-order valence-corrected chi connectivity index (χ1v) is 4.04. The Balaban J connectivity index is 2.31. The van der Waals surface area contributed by atoms with E-state index in [1.165, 1.54) is 0 Å². The summed E-state index contributed by atoms with van der Waals surface area (Å²) in [5.74, 6) is 0.0591. The molecule has 0 atom stereocenters. The summed E-state index contributed by atoms with van der Waals surface area (Å²) in [6, 6.07) is 8.73. The number of carbonyl (C=O) groups excluding carboxylic acids is 1. The maximum absolute atomic E-state index is 10.8. The Morgan fingerprint density at radius 3 is 2.57 bits per heavy atom. The van der Waals surface area contributed by atoms with Crippen LogP contribution >= 0.6 is 0 Å². The van der Waals surface area contributed by atoms with E-state index in [2.05, 4.69) is 4.99 Å². The summed E-state index contributed by atoms with van der Waals surface area (Å²) in [7, 11) is 0. The van der Waals surface area contributed by atoms with E-state index in [-0.39, 0.29) is 12.5 Å². The predicted octanol–water partition coefficient (Wildman–Crippen LogP) is 0.862. The summed E-state index contributed by atoms with van der Waals surface area (Å²) in [6.07, 6.45) is 0. The van der Waals surface area contributed by atoms with Crippen LogP contribution in [0.4, 0.5) is 0 Å². The van der Waals surface area contributed by atoms with Crippen molar-refractivity contribution in [2.75, 3.05) is 6.61 Å². The normalized spacial score (nSPS) is 14.5. The molecule has 0 aromatic heterocycles. The van der Waals surface area contributed by atoms with Crippen LogP contribution in [0, 0.1) is 11.3 Å². The van der Waals surface area contributed by atoms with Gasteiger partial charge in [0.15, 0.2) is 6.61 Å². The maximum Gasteiger partial charge on any atom is 0.286 e. The van der Waals surface area contributed by atoms with Crippen molar-refractivity contribution >= 4 is 11.8 Å². The van der Waals surface area contributed by atoms with Crippen LogP contribution in [0.15, 0.2) is 29.3 Å². The number of aliphatic imine (C=N–C) groups is 1. The Morgan fingerprint density at radius 2 is 2.07 bits per heavy atom. The van der Waals surface area contributed by atoms with Gasteiger partial charge >= 0.3 is 0 Å². The lowest BCUT2D eigenvalue weighted by Crippen LogP contribution is -2.00. The summed E-state index contributed by atoms with van der Waals surface area (Å²) in [6.45, 7) is 0.00926. The third-order valence-corrected chi connectivity index (χ3v) is 1.82. The molecule has 4 nitrogen and oxygen atoms in total. The van der Waals surface area contributed by atoms with E-state index in [0.29, 0.717) is 11.5 Å². The van der Waals surface area contributed by atoms with Crippen LogP contribution in [0.25, 0.3) is 0 Å². The Hall–Kier alpha value is -2.15. The van der Waals surface area contributed by atoms with Crippen molar-refractivity contribution in [3.05, 3.63) is 35.4 Å². The lowest BCUT2D eigenvalue weighted by atomic mass is 10.1. The SMILES string of the molecule is N#Cc1ccc(C2=NC(=O)CO2)cc1. The van der Waals surface area contributed by atoms with Gasteiger partial charge in [-0.2, -0.15) is 10.3 Å². The molecule has 2 rings (SSSR count). The van der Waals surface area contributed by atoms with Crippen LogP contribution in [-0.2, 0) is 9.53 Å². The van der Waals surface area contributed by atoms with Crippen LogP contribution in [0.3, 0.4) is 0 Å². The highest BCUT2D eigenvalue weighted by Gasteiger charge is 2.16. The van der Waals surface area contributed by atoms with Gasteiger partial charge in [0.25, 0.3) is 5.91 Å². The smallest absolute Gasteiger partial charge is 0.286 e. The fourth-order valence-corrected chi connectivity index (χ4v) is 1.14. The van der Waals surface area contributed by atoms with E-state index in [0.717, 1.165) is 5.56 Å². The summed E-state index contributed by atoms with van der Waals surface area (Å²) in [4.78, 5) is 14.5. The van der Waals surface area contributed by atoms with Gasteiger partial charge in [0.05, 0.1) is 11.6 Å². The zero-order valence-corrected chi connectivity index (χ0v) is 7.23. The fraction of sp³-hybridized carbons (Fsp3) is 0.100. The van der Waals surface area contributed by atoms with Gasteiger partial charge in [0.1, 0.15) is 0 Å². The quantitative estimate of drug-likeness (QED) is 0.653. The minimum Gasteiger partial charge on any atom is -0.467 e. The second-order valence-electron chi connectivity index (χ2n) is 2.79. The summed E-state index contributed by atoms with van der Waals surface area (Å²) < 4.78 is 5.04. The Bertz CT molecular complexity index is 440. The number of nitrogens with zero attached hydrogens (tertiary/aromatic N) is 2. The van der Waals surface area contributed by atoms with Gasteiger partial charge in [-0.3, -0.25) is 4.79 Å². The van der Waals surface area contributed by atoms with Crippen LogP contribution in [0.2, 0.25) is 0 Å². The zero-order valence-electron chi connectivity index (χ0n) is 7.23. The number of hydrogen-bond donors (Lipinski definition) is 0. The Morgan fingerprint density at radius 1 is 1.36 bits per heavy atom. The zero-order chi connectivity index (χ0) is 9.97. The molecule has 1 amide bonds. The minimum absolute atomic E-state index is 0.00926. The molecule has 4 heteroatoms. The van der Waals surface area contributed by atoms with Gasteiger partial charge in [0, 0.05) is 5.56 Å².